The van der Waals surface area contributed by atoms with Crippen LogP contribution in [0.3, 0.4) is 0 Å². The summed E-state index contributed by atoms with van der Waals surface area (Å²) in [6, 6.07) is 8.92. The fourth-order valence-electron chi connectivity index (χ4n) is 2.22. The molecule has 8 heteroatoms. The molecule has 0 aliphatic heterocycles. The van der Waals surface area contributed by atoms with Crippen molar-refractivity contribution in [3.8, 4) is 11.6 Å². The third kappa shape index (κ3) is 4.62. The molecule has 0 aliphatic rings. The van der Waals surface area contributed by atoms with Gasteiger partial charge in [0.25, 0.3) is 5.91 Å². The van der Waals surface area contributed by atoms with E-state index in [0.717, 1.165) is 11.4 Å². The number of rotatable bonds is 6. The Kier molecular flexibility index (Phi) is 5.90. The van der Waals surface area contributed by atoms with Crippen LogP contribution in [0.5, 0.6) is 5.75 Å². The van der Waals surface area contributed by atoms with Gasteiger partial charge < -0.3 is 10.1 Å². The van der Waals surface area contributed by atoms with Gasteiger partial charge in [0, 0.05) is 30.2 Å². The van der Waals surface area contributed by atoms with Crippen molar-refractivity contribution in [2.45, 2.75) is 19.6 Å². The molecule has 6 nitrogen and oxygen atoms in total. The summed E-state index contributed by atoms with van der Waals surface area (Å²) in [5.41, 5.74) is 0.891. The number of carbonyl (C=O) groups excluding carboxylic acids is 1. The van der Waals surface area contributed by atoms with E-state index in [1.807, 2.05) is 22.9 Å². The molecule has 0 radical (unpaired) electrons. The average Bonchev–Trinajstić information content (AvgIpc) is 3.17. The monoisotopic (exact) mass is 434 g/mol. The highest BCUT2D eigenvalue weighted by Crippen LogP contribution is 2.28. The number of hydrogen-bond acceptors (Lipinski definition) is 4. The topological polar surface area (TPSA) is 69.0 Å². The van der Waals surface area contributed by atoms with Crippen LogP contribution in [0.15, 0.2) is 59.7 Å². The standard InChI is InChI=1S/C18H16BrClN4O2/c1-12(26-16-4-3-14(20)8-15(16)19)18(25)23-10-13-2-5-17(22-9-13)24-7-6-21-11-24/h2-9,11-12H,10H2,1H3,(H,23,25). The Morgan fingerprint density at radius 2 is 2.23 bits per heavy atom. The van der Waals surface area contributed by atoms with Crippen LogP contribution in [0.25, 0.3) is 5.82 Å². The Morgan fingerprint density at radius 3 is 2.88 bits per heavy atom. The molecule has 3 rings (SSSR count). The highest BCUT2D eigenvalue weighted by Gasteiger charge is 2.16. The van der Waals surface area contributed by atoms with Gasteiger partial charge in [-0.3, -0.25) is 9.36 Å². The minimum Gasteiger partial charge on any atom is -0.480 e. The van der Waals surface area contributed by atoms with Crippen LogP contribution in [0.1, 0.15) is 12.5 Å². The van der Waals surface area contributed by atoms with E-state index >= 15 is 0 Å². The molecule has 2 aromatic heterocycles. The van der Waals surface area contributed by atoms with Crippen LogP contribution >= 0.6 is 27.5 Å². The van der Waals surface area contributed by atoms with E-state index < -0.39 is 6.10 Å². The lowest BCUT2D eigenvalue weighted by Gasteiger charge is -2.16. The molecule has 1 aromatic carbocycles. The fraction of sp³-hybridized carbons (Fsp3) is 0.167. The van der Waals surface area contributed by atoms with Crippen LogP contribution in [0.4, 0.5) is 0 Å². The van der Waals surface area contributed by atoms with Gasteiger partial charge in [0.1, 0.15) is 17.9 Å². The third-order valence-electron chi connectivity index (χ3n) is 3.61. The summed E-state index contributed by atoms with van der Waals surface area (Å²) in [5.74, 6) is 1.11. The number of benzene rings is 1. The van der Waals surface area contributed by atoms with E-state index in [4.69, 9.17) is 16.3 Å². The number of halogens is 2. The van der Waals surface area contributed by atoms with Crippen LogP contribution < -0.4 is 10.1 Å². The summed E-state index contributed by atoms with van der Waals surface area (Å²) in [7, 11) is 0. The van der Waals surface area contributed by atoms with Crippen molar-refractivity contribution in [1.29, 1.82) is 0 Å². The number of imidazole rings is 1. The zero-order valence-corrected chi connectivity index (χ0v) is 16.2. The number of aromatic nitrogens is 3. The quantitative estimate of drug-likeness (QED) is 0.640. The maximum Gasteiger partial charge on any atom is 0.261 e. The maximum atomic E-state index is 12.2. The summed E-state index contributed by atoms with van der Waals surface area (Å²) >= 11 is 9.27. The van der Waals surface area contributed by atoms with Crippen LogP contribution in [0, 0.1) is 0 Å². The van der Waals surface area contributed by atoms with Crippen molar-refractivity contribution in [2.24, 2.45) is 0 Å². The second-order valence-electron chi connectivity index (χ2n) is 5.55. The van der Waals surface area contributed by atoms with Crippen molar-refractivity contribution < 1.29 is 9.53 Å². The van der Waals surface area contributed by atoms with Gasteiger partial charge in [-0.15, -0.1) is 0 Å². The summed E-state index contributed by atoms with van der Waals surface area (Å²) in [6.45, 7) is 2.06. The number of nitrogens with zero attached hydrogens (tertiary/aromatic N) is 3. The first kappa shape index (κ1) is 18.4. The van der Waals surface area contributed by atoms with E-state index in [9.17, 15) is 4.79 Å². The summed E-state index contributed by atoms with van der Waals surface area (Å²) in [6.07, 6.45) is 6.26. The second kappa shape index (κ2) is 8.33. The molecule has 1 amide bonds. The largest absolute Gasteiger partial charge is 0.480 e. The Bertz CT molecular complexity index is 885. The molecule has 1 N–H and O–H groups in total. The maximum absolute atomic E-state index is 12.2. The van der Waals surface area contributed by atoms with Gasteiger partial charge in [0.2, 0.25) is 0 Å². The first-order chi connectivity index (χ1) is 12.5. The Labute approximate surface area is 164 Å². The van der Waals surface area contributed by atoms with Gasteiger partial charge in [-0.1, -0.05) is 17.7 Å². The van der Waals surface area contributed by atoms with E-state index in [1.165, 1.54) is 0 Å². The van der Waals surface area contributed by atoms with Gasteiger partial charge in [-0.25, -0.2) is 9.97 Å². The van der Waals surface area contributed by atoms with Gasteiger partial charge in [-0.2, -0.15) is 0 Å². The first-order valence-electron chi connectivity index (χ1n) is 7.85. The molecule has 0 bridgehead atoms. The molecule has 3 aromatic rings. The van der Waals surface area contributed by atoms with Crippen molar-refractivity contribution >= 4 is 33.4 Å². The summed E-state index contributed by atoms with van der Waals surface area (Å²) in [4.78, 5) is 20.6. The van der Waals surface area contributed by atoms with Crippen molar-refractivity contribution in [2.75, 3.05) is 0 Å². The molecule has 1 unspecified atom stereocenters. The molecule has 0 saturated heterocycles. The Morgan fingerprint density at radius 1 is 1.38 bits per heavy atom. The SMILES string of the molecule is CC(Oc1ccc(Cl)cc1Br)C(=O)NCc1ccc(-n2ccnc2)nc1. The van der Waals surface area contributed by atoms with Gasteiger partial charge in [0.15, 0.2) is 6.10 Å². The van der Waals surface area contributed by atoms with Crippen LogP contribution in [-0.2, 0) is 11.3 Å². The van der Waals surface area contributed by atoms with Crippen LogP contribution in [-0.4, -0.2) is 26.5 Å². The highest BCUT2D eigenvalue weighted by atomic mass is 79.9. The van der Waals surface area contributed by atoms with Gasteiger partial charge in [-0.05, 0) is 52.7 Å². The molecule has 2 heterocycles. The normalized spacial score (nSPS) is 11.8. The molecular weight excluding hydrogens is 420 g/mol. The van der Waals surface area contributed by atoms with Gasteiger partial charge >= 0.3 is 0 Å². The zero-order valence-electron chi connectivity index (χ0n) is 13.9. The van der Waals surface area contributed by atoms with Gasteiger partial charge in [0.05, 0.1) is 4.47 Å². The molecule has 0 aliphatic carbocycles. The Balaban J connectivity index is 1.54. The highest BCUT2D eigenvalue weighted by molar-refractivity contribution is 9.10. The number of ether oxygens (including phenoxy) is 1. The number of hydrogen-bond donors (Lipinski definition) is 1. The lowest BCUT2D eigenvalue weighted by molar-refractivity contribution is -0.127. The summed E-state index contributed by atoms with van der Waals surface area (Å²) < 4.78 is 8.18. The lowest BCUT2D eigenvalue weighted by Crippen LogP contribution is -2.36. The molecular formula is C18H16BrClN4O2. The average molecular weight is 436 g/mol. The second-order valence-corrected chi connectivity index (χ2v) is 6.84. The predicted molar refractivity (Wildman–Crippen MR) is 102 cm³/mol. The number of carbonyl (C=O) groups is 1. The number of nitrogens with one attached hydrogen (secondary N) is 1. The van der Waals surface area contributed by atoms with Crippen LogP contribution in [0.2, 0.25) is 5.02 Å². The van der Waals surface area contributed by atoms with Crippen molar-refractivity contribution in [3.63, 3.8) is 0 Å². The minimum absolute atomic E-state index is 0.217. The Hall–Kier alpha value is -2.38. The third-order valence-corrected chi connectivity index (χ3v) is 4.47. The minimum atomic E-state index is -0.648. The molecule has 134 valence electrons. The number of pyridine rings is 1. The smallest absolute Gasteiger partial charge is 0.261 e. The fourth-order valence-corrected chi connectivity index (χ4v) is 2.99. The van der Waals surface area contributed by atoms with Crippen molar-refractivity contribution in [3.05, 3.63) is 70.3 Å². The number of amides is 1. The predicted octanol–water partition coefficient (Wildman–Crippen LogP) is 3.77. The molecule has 0 fully saturated rings. The van der Waals surface area contributed by atoms with E-state index in [2.05, 4.69) is 31.2 Å². The molecule has 26 heavy (non-hydrogen) atoms. The molecule has 0 spiro atoms. The van der Waals surface area contributed by atoms with E-state index in [1.54, 1.807) is 43.8 Å². The van der Waals surface area contributed by atoms with E-state index in [0.29, 0.717) is 21.8 Å². The lowest BCUT2D eigenvalue weighted by atomic mass is 10.2. The molecule has 0 saturated carbocycles. The first-order valence-corrected chi connectivity index (χ1v) is 9.02. The van der Waals surface area contributed by atoms with E-state index in [-0.39, 0.29) is 5.91 Å². The summed E-state index contributed by atoms with van der Waals surface area (Å²) in [5, 5.41) is 3.43. The zero-order chi connectivity index (χ0) is 18.5. The van der Waals surface area contributed by atoms with Crippen molar-refractivity contribution in [1.82, 2.24) is 19.9 Å². The molecule has 1 atom stereocenters.